The first-order valence-corrected chi connectivity index (χ1v) is 8.44. The summed E-state index contributed by atoms with van der Waals surface area (Å²) in [4.78, 5) is 24.8. The predicted octanol–water partition coefficient (Wildman–Crippen LogP) is 2.29. The summed E-state index contributed by atoms with van der Waals surface area (Å²) in [5.41, 5.74) is 1.28. The van der Waals surface area contributed by atoms with Gasteiger partial charge in [-0.1, -0.05) is 30.3 Å². The molecule has 1 N–H and O–H groups in total. The van der Waals surface area contributed by atoms with Crippen LogP contribution in [0.2, 0.25) is 0 Å². The van der Waals surface area contributed by atoms with Crippen LogP contribution in [0.3, 0.4) is 0 Å². The van der Waals surface area contributed by atoms with Gasteiger partial charge in [0.25, 0.3) is 0 Å². The first-order valence-electron chi connectivity index (χ1n) is 7.29. The molecule has 1 heterocycles. The summed E-state index contributed by atoms with van der Waals surface area (Å²) in [5.74, 6) is 0.241. The van der Waals surface area contributed by atoms with Crippen molar-refractivity contribution in [2.45, 2.75) is 19.3 Å². The molecular formula is C16H21NO3S. The van der Waals surface area contributed by atoms with E-state index in [9.17, 15) is 9.59 Å². The molecule has 21 heavy (non-hydrogen) atoms. The third-order valence-electron chi connectivity index (χ3n) is 3.73. The van der Waals surface area contributed by atoms with Crippen molar-refractivity contribution in [3.8, 4) is 0 Å². The van der Waals surface area contributed by atoms with Crippen LogP contribution in [0.5, 0.6) is 0 Å². The van der Waals surface area contributed by atoms with Gasteiger partial charge in [-0.25, -0.2) is 0 Å². The molecule has 4 nitrogen and oxygen atoms in total. The highest BCUT2D eigenvalue weighted by Gasteiger charge is 2.27. The number of piperidine rings is 1. The Bertz CT molecular complexity index is 478. The molecule has 114 valence electrons. The van der Waals surface area contributed by atoms with E-state index in [4.69, 9.17) is 5.11 Å². The van der Waals surface area contributed by atoms with E-state index in [0.29, 0.717) is 25.3 Å². The number of amides is 1. The Morgan fingerprint density at radius 1 is 1.29 bits per heavy atom. The number of carbonyl (C=O) groups excluding carboxylic acids is 1. The van der Waals surface area contributed by atoms with Gasteiger partial charge in [-0.2, -0.15) is 11.8 Å². The number of aryl methyl sites for hydroxylation is 1. The zero-order valence-electron chi connectivity index (χ0n) is 12.0. The zero-order chi connectivity index (χ0) is 15.1. The largest absolute Gasteiger partial charge is 0.481 e. The molecule has 1 saturated heterocycles. The lowest BCUT2D eigenvalue weighted by molar-refractivity contribution is -0.145. The summed E-state index contributed by atoms with van der Waals surface area (Å²) >= 11 is 1.62. The molecule has 0 aromatic heterocycles. The molecule has 1 aromatic carbocycles. The number of carbonyl (C=O) groups is 2. The van der Waals surface area contributed by atoms with Gasteiger partial charge in [0.15, 0.2) is 0 Å². The Morgan fingerprint density at radius 3 is 2.76 bits per heavy atom. The van der Waals surface area contributed by atoms with Crippen molar-refractivity contribution >= 4 is 23.6 Å². The molecule has 1 amide bonds. The summed E-state index contributed by atoms with van der Waals surface area (Å²) in [6.07, 6.45) is 2.42. The van der Waals surface area contributed by atoms with Crippen LogP contribution >= 0.6 is 11.8 Å². The molecule has 0 radical (unpaired) electrons. The van der Waals surface area contributed by atoms with Crippen LogP contribution in [0.15, 0.2) is 30.3 Å². The number of carboxylic acid groups (broad SMARTS) is 1. The topological polar surface area (TPSA) is 57.6 Å². The van der Waals surface area contributed by atoms with Crippen molar-refractivity contribution in [3.63, 3.8) is 0 Å². The molecule has 0 spiro atoms. The number of aliphatic carboxylic acids is 1. The van der Waals surface area contributed by atoms with Crippen molar-refractivity contribution < 1.29 is 14.7 Å². The van der Waals surface area contributed by atoms with E-state index < -0.39 is 11.9 Å². The minimum absolute atomic E-state index is 0.0685. The minimum atomic E-state index is -0.788. The molecule has 1 atom stereocenters. The Morgan fingerprint density at radius 2 is 2.05 bits per heavy atom. The summed E-state index contributed by atoms with van der Waals surface area (Å²) in [6, 6.07) is 10.2. The number of hydrogen-bond donors (Lipinski definition) is 1. The van der Waals surface area contributed by atoms with E-state index >= 15 is 0 Å². The van der Waals surface area contributed by atoms with Crippen LogP contribution in [0.25, 0.3) is 0 Å². The van der Waals surface area contributed by atoms with Crippen LogP contribution in [-0.4, -0.2) is 46.5 Å². The van der Waals surface area contributed by atoms with Crippen molar-refractivity contribution in [3.05, 3.63) is 35.9 Å². The highest BCUT2D eigenvalue weighted by molar-refractivity contribution is 7.99. The van der Waals surface area contributed by atoms with Crippen LogP contribution < -0.4 is 0 Å². The monoisotopic (exact) mass is 307 g/mol. The van der Waals surface area contributed by atoms with Gasteiger partial charge in [0.2, 0.25) is 5.91 Å². The smallest absolute Gasteiger partial charge is 0.308 e. The Labute approximate surface area is 129 Å². The lowest BCUT2D eigenvalue weighted by Crippen LogP contribution is -2.43. The molecule has 1 aromatic rings. The van der Waals surface area contributed by atoms with Crippen LogP contribution in [0.1, 0.15) is 18.4 Å². The van der Waals surface area contributed by atoms with E-state index in [2.05, 4.69) is 12.1 Å². The quantitative estimate of drug-likeness (QED) is 0.819. The van der Waals surface area contributed by atoms with E-state index in [1.54, 1.807) is 16.7 Å². The van der Waals surface area contributed by atoms with Gasteiger partial charge in [-0.15, -0.1) is 0 Å². The van der Waals surface area contributed by atoms with Gasteiger partial charge in [-0.05, 0) is 30.6 Å². The van der Waals surface area contributed by atoms with E-state index in [1.807, 2.05) is 18.2 Å². The summed E-state index contributed by atoms with van der Waals surface area (Å²) in [5, 5.41) is 9.03. The van der Waals surface area contributed by atoms with E-state index in [0.717, 1.165) is 18.6 Å². The molecule has 1 aliphatic rings. The molecule has 0 unspecified atom stereocenters. The maximum absolute atomic E-state index is 12.1. The third-order valence-corrected chi connectivity index (χ3v) is 4.67. The Kier molecular flexibility index (Phi) is 6.11. The Balaban J connectivity index is 1.68. The van der Waals surface area contributed by atoms with E-state index in [-0.39, 0.29) is 5.91 Å². The molecule has 5 heteroatoms. The van der Waals surface area contributed by atoms with Crippen LogP contribution in [0.4, 0.5) is 0 Å². The number of hydrogen-bond acceptors (Lipinski definition) is 3. The Hall–Kier alpha value is -1.49. The highest BCUT2D eigenvalue weighted by atomic mass is 32.2. The maximum Gasteiger partial charge on any atom is 0.308 e. The van der Waals surface area contributed by atoms with E-state index in [1.165, 1.54) is 5.56 Å². The average molecular weight is 307 g/mol. The van der Waals surface area contributed by atoms with Crippen molar-refractivity contribution in [2.75, 3.05) is 24.6 Å². The number of benzene rings is 1. The van der Waals surface area contributed by atoms with Crippen LogP contribution in [0, 0.1) is 5.92 Å². The molecular weight excluding hydrogens is 286 g/mol. The van der Waals surface area contributed by atoms with Gasteiger partial charge >= 0.3 is 5.97 Å². The van der Waals surface area contributed by atoms with Gasteiger partial charge < -0.3 is 10.0 Å². The van der Waals surface area contributed by atoms with Crippen molar-refractivity contribution in [1.82, 2.24) is 4.90 Å². The SMILES string of the molecule is O=C(O)[C@@H]1CCCN(C(=O)CSCCc2ccccc2)C1. The normalized spacial score (nSPS) is 18.5. The van der Waals surface area contributed by atoms with Gasteiger partial charge in [0.1, 0.15) is 0 Å². The average Bonchev–Trinajstić information content (AvgIpc) is 2.52. The second kappa shape index (κ2) is 8.08. The number of rotatable bonds is 6. The van der Waals surface area contributed by atoms with Crippen molar-refractivity contribution in [2.24, 2.45) is 5.92 Å². The first kappa shape index (κ1) is 15.9. The number of carboxylic acids is 1. The lowest BCUT2D eigenvalue weighted by Gasteiger charge is -2.30. The molecule has 0 bridgehead atoms. The summed E-state index contributed by atoms with van der Waals surface area (Å²) in [7, 11) is 0. The standard InChI is InChI=1S/C16H21NO3S/c18-15(17-9-4-7-14(11-17)16(19)20)12-21-10-8-13-5-2-1-3-6-13/h1-3,5-6,14H,4,7-12H2,(H,19,20)/t14-/m1/s1. The van der Waals surface area contributed by atoms with Gasteiger partial charge in [0, 0.05) is 13.1 Å². The summed E-state index contributed by atoms with van der Waals surface area (Å²) < 4.78 is 0. The van der Waals surface area contributed by atoms with Crippen LogP contribution in [-0.2, 0) is 16.0 Å². The second-order valence-corrected chi connectivity index (χ2v) is 6.41. The molecule has 1 fully saturated rings. The molecule has 1 aliphatic heterocycles. The third kappa shape index (κ3) is 5.08. The summed E-state index contributed by atoms with van der Waals surface area (Å²) in [6.45, 7) is 1.06. The molecule has 2 rings (SSSR count). The maximum atomic E-state index is 12.1. The van der Waals surface area contributed by atoms with Crippen molar-refractivity contribution in [1.29, 1.82) is 0 Å². The van der Waals surface area contributed by atoms with Gasteiger partial charge in [-0.3, -0.25) is 9.59 Å². The lowest BCUT2D eigenvalue weighted by atomic mass is 9.98. The molecule has 0 aliphatic carbocycles. The minimum Gasteiger partial charge on any atom is -0.481 e. The number of thioether (sulfide) groups is 1. The number of likely N-dealkylation sites (tertiary alicyclic amines) is 1. The first-order chi connectivity index (χ1) is 10.2. The number of nitrogens with zero attached hydrogens (tertiary/aromatic N) is 1. The predicted molar refractivity (Wildman–Crippen MR) is 84.4 cm³/mol. The fourth-order valence-electron chi connectivity index (χ4n) is 2.49. The highest BCUT2D eigenvalue weighted by Crippen LogP contribution is 2.18. The fourth-order valence-corrected chi connectivity index (χ4v) is 3.37. The zero-order valence-corrected chi connectivity index (χ0v) is 12.8. The fraction of sp³-hybridized carbons (Fsp3) is 0.500. The second-order valence-electron chi connectivity index (χ2n) is 5.31. The van der Waals surface area contributed by atoms with Gasteiger partial charge in [0.05, 0.1) is 11.7 Å². The molecule has 0 saturated carbocycles.